The van der Waals surface area contributed by atoms with Crippen LogP contribution in [0.15, 0.2) is 0 Å². The normalized spacial score (nSPS) is 4.55. The summed E-state index contributed by atoms with van der Waals surface area (Å²) in [6.07, 6.45) is 0. The summed E-state index contributed by atoms with van der Waals surface area (Å²) in [6.45, 7) is 2.17. The summed E-state index contributed by atoms with van der Waals surface area (Å²) in [4.78, 5) is 18.0. The second kappa shape index (κ2) is 22.7. The number of aliphatic carboxylic acids is 2. The third kappa shape index (κ3) is 2870. The van der Waals surface area contributed by atoms with E-state index in [4.69, 9.17) is 19.8 Å². The Bertz CT molecular complexity index is 72.6. The van der Waals surface area contributed by atoms with Crippen molar-refractivity contribution in [3.63, 3.8) is 0 Å². The van der Waals surface area contributed by atoms with E-state index >= 15 is 0 Å². The van der Waals surface area contributed by atoms with Crippen molar-refractivity contribution >= 4 is 11.9 Å². The molecule has 0 atom stereocenters. The van der Waals surface area contributed by atoms with Gasteiger partial charge in [-0.25, -0.2) is 0 Å². The molecule has 0 unspecified atom stereocenters. The topological polar surface area (TPSA) is 74.6 Å². The smallest absolute Gasteiger partial charge is 0.481 e. The first kappa shape index (κ1) is 31.2. The van der Waals surface area contributed by atoms with Crippen LogP contribution in [0.1, 0.15) is 13.8 Å². The van der Waals surface area contributed by atoms with Crippen LogP contribution >= 0.6 is 0 Å². The molecule has 0 amide bonds. The molecule has 5 heteroatoms. The summed E-state index contributed by atoms with van der Waals surface area (Å²) in [7, 11) is 0. The van der Waals surface area contributed by atoms with Gasteiger partial charge in [-0.3, -0.25) is 9.59 Å². The summed E-state index contributed by atoms with van der Waals surface area (Å²) in [5.41, 5.74) is 0. The molecule has 0 aliphatic rings. The van der Waals surface area contributed by atoms with E-state index in [9.17, 15) is 0 Å². The van der Waals surface area contributed by atoms with Crippen LogP contribution in [0, 0.1) is 14.9 Å². The quantitative estimate of drug-likeness (QED) is 0.500. The zero-order valence-electron chi connectivity index (χ0n) is 7.04. The van der Waals surface area contributed by atoms with Crippen molar-refractivity contribution in [3.05, 3.63) is 14.9 Å². The molecule has 4 nitrogen and oxygen atoms in total. The maximum absolute atomic E-state index is 9.00. The Labute approximate surface area is 80.4 Å². The first-order chi connectivity index (χ1) is 3.46. The van der Waals surface area contributed by atoms with Gasteiger partial charge < -0.3 is 25.1 Å². The van der Waals surface area contributed by atoms with Gasteiger partial charge in [0.25, 0.3) is 11.9 Å². The number of carboxylic acid groups (broad SMARTS) is 2. The molecule has 2 N–H and O–H groups in total. The van der Waals surface area contributed by atoms with Gasteiger partial charge in [-0.2, -0.15) is 0 Å². The Morgan fingerprint density at radius 1 is 0.909 bits per heavy atom. The fourth-order valence-electron chi connectivity index (χ4n) is 0. The second-order valence-corrected chi connectivity index (χ2v) is 1.04. The van der Waals surface area contributed by atoms with Crippen LogP contribution in [0.25, 0.3) is 0 Å². The van der Waals surface area contributed by atoms with E-state index < -0.39 is 11.9 Å². The molecular formula is C6H14O4Rh. The van der Waals surface area contributed by atoms with Gasteiger partial charge in [-0.05, 0) is 0 Å². The molecule has 0 aliphatic heterocycles. The summed E-state index contributed by atoms with van der Waals surface area (Å²) in [6, 6.07) is 0. The van der Waals surface area contributed by atoms with Crippen molar-refractivity contribution in [2.24, 2.45) is 0 Å². The Hall–Kier alpha value is -0.437. The monoisotopic (exact) mass is 253 g/mol. The molecular weight excluding hydrogens is 239 g/mol. The van der Waals surface area contributed by atoms with Crippen molar-refractivity contribution in [2.75, 3.05) is 0 Å². The van der Waals surface area contributed by atoms with Crippen LogP contribution < -0.4 is 0 Å². The fourth-order valence-corrected chi connectivity index (χ4v) is 0. The first-order valence-corrected chi connectivity index (χ1v) is 1.86. The Morgan fingerprint density at radius 2 is 0.909 bits per heavy atom. The van der Waals surface area contributed by atoms with Gasteiger partial charge in [0.15, 0.2) is 0 Å². The maximum Gasteiger partial charge on any atom is 2.00 e. The van der Waals surface area contributed by atoms with E-state index in [2.05, 4.69) is 0 Å². The Kier molecular flexibility index (Phi) is 64.3. The molecule has 1 radical (unpaired) electrons. The zero-order valence-corrected chi connectivity index (χ0v) is 8.68. The van der Waals surface area contributed by atoms with Gasteiger partial charge in [0, 0.05) is 13.8 Å². The minimum absolute atomic E-state index is 0. The minimum Gasteiger partial charge on any atom is -0.481 e. The molecule has 0 heterocycles. The SMILES string of the molecule is CC(=O)O.CC(=O)O.[CH3-].[CH3-].[Rh+2]. The van der Waals surface area contributed by atoms with E-state index in [0.717, 1.165) is 13.8 Å². The zero-order chi connectivity index (χ0) is 7.15. The molecule has 0 rings (SSSR count). The average Bonchev–Trinajstić information content (AvgIpc) is 1.25. The third-order valence-corrected chi connectivity index (χ3v) is 0. The van der Waals surface area contributed by atoms with Gasteiger partial charge >= 0.3 is 19.5 Å². The van der Waals surface area contributed by atoms with Gasteiger partial charge in [-0.15, -0.1) is 0 Å². The first-order valence-electron chi connectivity index (χ1n) is 1.86. The number of hydrogen-bond donors (Lipinski definition) is 2. The van der Waals surface area contributed by atoms with Crippen LogP contribution in [0.2, 0.25) is 0 Å². The molecule has 0 bridgehead atoms. The van der Waals surface area contributed by atoms with Crippen LogP contribution in [0.5, 0.6) is 0 Å². The van der Waals surface area contributed by atoms with E-state index in [0.29, 0.717) is 0 Å². The average molecular weight is 253 g/mol. The van der Waals surface area contributed by atoms with Gasteiger partial charge in [0.2, 0.25) is 0 Å². The summed E-state index contributed by atoms with van der Waals surface area (Å²) >= 11 is 0. The van der Waals surface area contributed by atoms with Crippen LogP contribution in [-0.4, -0.2) is 22.2 Å². The van der Waals surface area contributed by atoms with E-state index in [1.54, 1.807) is 0 Å². The van der Waals surface area contributed by atoms with Crippen LogP contribution in [0.3, 0.4) is 0 Å². The Balaban J connectivity index is -0.0000000171. The van der Waals surface area contributed by atoms with Crippen LogP contribution in [-0.2, 0) is 29.1 Å². The number of hydrogen-bond acceptors (Lipinski definition) is 2. The standard InChI is InChI=1S/2C2H4O2.2CH3.Rh/c2*1-2(3)4;;;/h2*1H3,(H,3,4);2*1H3;/q;;2*-1;+2. The van der Waals surface area contributed by atoms with Crippen molar-refractivity contribution in [1.29, 1.82) is 0 Å². The molecule has 0 aliphatic carbocycles. The molecule has 0 saturated carbocycles. The van der Waals surface area contributed by atoms with Crippen molar-refractivity contribution in [1.82, 2.24) is 0 Å². The summed E-state index contributed by atoms with van der Waals surface area (Å²) in [5.74, 6) is -1.67. The van der Waals surface area contributed by atoms with Crippen molar-refractivity contribution in [3.8, 4) is 0 Å². The van der Waals surface area contributed by atoms with E-state index in [-0.39, 0.29) is 34.3 Å². The maximum atomic E-state index is 9.00. The number of carbonyl (C=O) groups is 2. The molecule has 0 fully saturated rings. The third-order valence-electron chi connectivity index (χ3n) is 0. The van der Waals surface area contributed by atoms with E-state index in [1.807, 2.05) is 0 Å². The minimum atomic E-state index is -0.833. The number of carboxylic acids is 2. The second-order valence-electron chi connectivity index (χ2n) is 1.04. The molecule has 11 heavy (non-hydrogen) atoms. The largest absolute Gasteiger partial charge is 2.00 e. The number of rotatable bonds is 0. The van der Waals surface area contributed by atoms with Crippen LogP contribution in [0.4, 0.5) is 0 Å². The predicted molar refractivity (Wildman–Crippen MR) is 39.4 cm³/mol. The molecule has 0 spiro atoms. The summed E-state index contributed by atoms with van der Waals surface area (Å²) < 4.78 is 0. The summed E-state index contributed by atoms with van der Waals surface area (Å²) in [5, 5.41) is 14.8. The van der Waals surface area contributed by atoms with Gasteiger partial charge in [0.1, 0.15) is 0 Å². The van der Waals surface area contributed by atoms with E-state index in [1.165, 1.54) is 0 Å². The predicted octanol–water partition coefficient (Wildman–Crippen LogP) is 1.08. The molecule has 0 saturated heterocycles. The molecule has 71 valence electrons. The molecule has 0 aromatic carbocycles. The van der Waals surface area contributed by atoms with Crippen molar-refractivity contribution in [2.45, 2.75) is 13.8 Å². The van der Waals surface area contributed by atoms with Gasteiger partial charge in [-0.1, -0.05) is 0 Å². The molecule has 0 aromatic rings. The fraction of sp³-hybridized carbons (Fsp3) is 0.333. The van der Waals surface area contributed by atoms with Crippen molar-refractivity contribution < 1.29 is 39.3 Å². The molecule has 0 aromatic heterocycles. The Morgan fingerprint density at radius 3 is 0.909 bits per heavy atom. The van der Waals surface area contributed by atoms with Gasteiger partial charge in [0.05, 0.1) is 0 Å².